The molecule has 1 aromatic heterocycles. The average Bonchev–Trinajstić information content (AvgIpc) is 3.05. The fraction of sp³-hybridized carbons (Fsp3) is 0.429. The summed E-state index contributed by atoms with van der Waals surface area (Å²) in [6.45, 7) is 3.52. The number of rotatable bonds is 8. The molecule has 1 aliphatic heterocycles. The molecule has 0 spiro atoms. The largest absolute Gasteiger partial charge is 0.462 e. The van der Waals surface area contributed by atoms with Crippen LogP contribution >= 0.6 is 22.9 Å². The van der Waals surface area contributed by atoms with Gasteiger partial charge in [-0.1, -0.05) is 11.6 Å². The number of benzene rings is 1. The number of nitrogens with one attached hydrogen (secondary N) is 1. The number of carbonyl (C=O) groups is 2. The SMILES string of the molecule is CCOC(=O)c1c(NC(=O)CCCS(=O)(=O)c2ccc(Cl)cc2)sc2c1CCN(C)C2. The highest BCUT2D eigenvalue weighted by atomic mass is 35.5. The molecule has 2 aromatic rings. The van der Waals surface area contributed by atoms with Crippen LogP contribution in [0.4, 0.5) is 5.00 Å². The fourth-order valence-electron chi connectivity index (χ4n) is 3.41. The molecule has 10 heteroatoms. The van der Waals surface area contributed by atoms with Crippen molar-refractivity contribution in [2.24, 2.45) is 0 Å². The summed E-state index contributed by atoms with van der Waals surface area (Å²) in [7, 11) is -1.49. The molecule has 0 saturated carbocycles. The number of sulfone groups is 1. The number of fused-ring (bicyclic) bond motifs is 1. The standard InChI is InChI=1S/C21H25ClN2O5S2/c1-3-29-21(26)19-16-10-11-24(2)13-17(16)30-20(19)23-18(25)5-4-12-31(27,28)15-8-6-14(22)7-9-15/h6-9H,3-5,10-13H2,1-2H3,(H,23,25). The van der Waals surface area contributed by atoms with Gasteiger partial charge in [-0.15, -0.1) is 11.3 Å². The van der Waals surface area contributed by atoms with E-state index in [0.29, 0.717) is 28.6 Å². The van der Waals surface area contributed by atoms with E-state index in [0.717, 1.165) is 17.0 Å². The van der Waals surface area contributed by atoms with Crippen LogP contribution in [0.5, 0.6) is 0 Å². The first-order valence-electron chi connectivity index (χ1n) is 9.99. The molecule has 168 valence electrons. The Kier molecular flexibility index (Phi) is 7.74. The van der Waals surface area contributed by atoms with Crippen LogP contribution in [-0.2, 0) is 32.3 Å². The summed E-state index contributed by atoms with van der Waals surface area (Å²) in [6, 6.07) is 5.95. The summed E-state index contributed by atoms with van der Waals surface area (Å²) < 4.78 is 30.0. The predicted molar refractivity (Wildman–Crippen MR) is 122 cm³/mol. The van der Waals surface area contributed by atoms with Crippen molar-refractivity contribution in [3.63, 3.8) is 0 Å². The molecule has 0 bridgehead atoms. The molecule has 1 amide bonds. The minimum absolute atomic E-state index is 0.0254. The van der Waals surface area contributed by atoms with E-state index in [1.165, 1.54) is 35.6 Å². The average molecular weight is 485 g/mol. The number of anilines is 1. The zero-order valence-electron chi connectivity index (χ0n) is 17.4. The molecule has 7 nitrogen and oxygen atoms in total. The van der Waals surface area contributed by atoms with Gasteiger partial charge in [-0.2, -0.15) is 0 Å². The zero-order valence-corrected chi connectivity index (χ0v) is 19.8. The number of nitrogens with zero attached hydrogens (tertiary/aromatic N) is 1. The third-order valence-electron chi connectivity index (χ3n) is 4.97. The number of esters is 1. The minimum Gasteiger partial charge on any atom is -0.462 e. The van der Waals surface area contributed by atoms with Crippen LogP contribution < -0.4 is 5.32 Å². The van der Waals surface area contributed by atoms with Crippen LogP contribution in [0.2, 0.25) is 5.02 Å². The van der Waals surface area contributed by atoms with Crippen molar-refractivity contribution in [3.05, 3.63) is 45.3 Å². The van der Waals surface area contributed by atoms with Crippen LogP contribution in [0.25, 0.3) is 0 Å². The smallest absolute Gasteiger partial charge is 0.341 e. The minimum atomic E-state index is -3.50. The van der Waals surface area contributed by atoms with Crippen LogP contribution in [0.15, 0.2) is 29.2 Å². The van der Waals surface area contributed by atoms with Crippen molar-refractivity contribution in [3.8, 4) is 0 Å². The quantitative estimate of drug-likeness (QED) is 0.573. The van der Waals surface area contributed by atoms with Gasteiger partial charge in [-0.05, 0) is 56.6 Å². The number of ether oxygens (including phenoxy) is 1. The van der Waals surface area contributed by atoms with Gasteiger partial charge >= 0.3 is 5.97 Å². The summed E-state index contributed by atoms with van der Waals surface area (Å²) in [4.78, 5) is 28.4. The second kappa shape index (κ2) is 10.1. The molecule has 1 aromatic carbocycles. The maximum atomic E-state index is 12.5. The van der Waals surface area contributed by atoms with Gasteiger partial charge in [-0.3, -0.25) is 4.79 Å². The van der Waals surface area contributed by atoms with Gasteiger partial charge in [0.05, 0.1) is 22.8 Å². The maximum absolute atomic E-state index is 12.5. The summed E-state index contributed by atoms with van der Waals surface area (Å²) in [5.41, 5.74) is 1.36. The van der Waals surface area contributed by atoms with Crippen LogP contribution in [0, 0.1) is 0 Å². The molecule has 2 heterocycles. The van der Waals surface area contributed by atoms with E-state index in [4.69, 9.17) is 16.3 Å². The Morgan fingerprint density at radius 1 is 1.26 bits per heavy atom. The Hall–Kier alpha value is -1.94. The van der Waals surface area contributed by atoms with Crippen molar-refractivity contribution in [1.29, 1.82) is 0 Å². The van der Waals surface area contributed by atoms with Crippen molar-refractivity contribution in [2.75, 3.05) is 31.3 Å². The Bertz CT molecular complexity index is 1060. The van der Waals surface area contributed by atoms with E-state index >= 15 is 0 Å². The van der Waals surface area contributed by atoms with Crippen molar-refractivity contribution >= 4 is 49.7 Å². The number of hydrogen-bond donors (Lipinski definition) is 1. The molecule has 0 unspecified atom stereocenters. The third kappa shape index (κ3) is 5.85. The van der Waals surface area contributed by atoms with Crippen molar-refractivity contribution in [2.45, 2.75) is 37.6 Å². The fourth-order valence-corrected chi connectivity index (χ4v) is 6.18. The number of carbonyl (C=O) groups excluding carboxylic acids is 2. The molecule has 0 fully saturated rings. The van der Waals surface area contributed by atoms with Gasteiger partial charge in [0.15, 0.2) is 9.84 Å². The highest BCUT2D eigenvalue weighted by Crippen LogP contribution is 2.37. The first-order chi connectivity index (χ1) is 14.7. The van der Waals surface area contributed by atoms with Gasteiger partial charge in [0, 0.05) is 29.4 Å². The second-order valence-corrected chi connectivity index (χ2v) is 11.0. The van der Waals surface area contributed by atoms with Crippen LogP contribution in [0.1, 0.15) is 40.6 Å². The first-order valence-corrected chi connectivity index (χ1v) is 12.8. The number of hydrogen-bond acceptors (Lipinski definition) is 7. The highest BCUT2D eigenvalue weighted by Gasteiger charge is 2.28. The van der Waals surface area contributed by atoms with Crippen molar-refractivity contribution < 1.29 is 22.7 Å². The van der Waals surface area contributed by atoms with Gasteiger partial charge < -0.3 is 15.0 Å². The lowest BCUT2D eigenvalue weighted by atomic mass is 10.0. The second-order valence-electron chi connectivity index (χ2n) is 7.34. The van der Waals surface area contributed by atoms with E-state index in [-0.39, 0.29) is 36.0 Å². The molecule has 0 radical (unpaired) electrons. The molecule has 31 heavy (non-hydrogen) atoms. The number of amides is 1. The molecule has 1 N–H and O–H groups in total. The van der Waals surface area contributed by atoms with E-state index in [2.05, 4.69) is 10.2 Å². The maximum Gasteiger partial charge on any atom is 0.341 e. The topological polar surface area (TPSA) is 92.8 Å². The molecular weight excluding hydrogens is 460 g/mol. The lowest BCUT2D eigenvalue weighted by Crippen LogP contribution is -2.26. The lowest BCUT2D eigenvalue weighted by Gasteiger charge is -2.22. The Morgan fingerprint density at radius 3 is 2.65 bits per heavy atom. The van der Waals surface area contributed by atoms with Crippen LogP contribution in [-0.4, -0.2) is 51.1 Å². The summed E-state index contributed by atoms with van der Waals surface area (Å²) in [5, 5.41) is 3.74. The predicted octanol–water partition coefficient (Wildman–Crippen LogP) is 3.76. The molecule has 0 saturated heterocycles. The van der Waals surface area contributed by atoms with Crippen molar-refractivity contribution in [1.82, 2.24) is 4.90 Å². The van der Waals surface area contributed by atoms with Gasteiger partial charge in [-0.25, -0.2) is 13.2 Å². The summed E-state index contributed by atoms with van der Waals surface area (Å²) >= 11 is 7.18. The van der Waals surface area contributed by atoms with Crippen LogP contribution in [0.3, 0.4) is 0 Å². The number of thiophene rings is 1. The zero-order chi connectivity index (χ0) is 22.6. The monoisotopic (exact) mass is 484 g/mol. The van der Waals surface area contributed by atoms with E-state index in [9.17, 15) is 18.0 Å². The Labute approximate surface area is 191 Å². The highest BCUT2D eigenvalue weighted by molar-refractivity contribution is 7.91. The molecule has 3 rings (SSSR count). The normalized spacial score (nSPS) is 14.2. The lowest BCUT2D eigenvalue weighted by molar-refractivity contribution is -0.116. The van der Waals surface area contributed by atoms with Gasteiger partial charge in [0.1, 0.15) is 5.00 Å². The molecule has 1 aliphatic rings. The Morgan fingerprint density at radius 2 is 1.97 bits per heavy atom. The molecule has 0 aliphatic carbocycles. The molecular formula is C21H25ClN2O5S2. The Balaban J connectivity index is 1.66. The number of halogens is 1. The van der Waals surface area contributed by atoms with E-state index in [1.54, 1.807) is 6.92 Å². The molecule has 0 atom stereocenters. The number of likely N-dealkylation sites (N-methyl/N-ethyl adjacent to an activating group) is 1. The first kappa shape index (κ1) is 23.7. The summed E-state index contributed by atoms with van der Waals surface area (Å²) in [6.07, 6.45) is 0.905. The summed E-state index contributed by atoms with van der Waals surface area (Å²) in [5.74, 6) is -0.924. The van der Waals surface area contributed by atoms with E-state index < -0.39 is 15.8 Å². The third-order valence-corrected chi connectivity index (χ3v) is 8.17. The van der Waals surface area contributed by atoms with E-state index in [1.807, 2.05) is 7.05 Å². The van der Waals surface area contributed by atoms with Gasteiger partial charge in [0.25, 0.3) is 0 Å². The van der Waals surface area contributed by atoms with Gasteiger partial charge in [0.2, 0.25) is 5.91 Å².